The average molecular weight is 183 g/mol. The minimum atomic E-state index is -0.414. The normalized spacial score (nSPS) is 19.2. The standard InChI is InChI=1S/C10H11ClO/c1-8(11)10(12)9-6-4-2-3-5-7-9/h2-9H,1H3. The van der Waals surface area contributed by atoms with E-state index in [4.69, 9.17) is 11.6 Å². The van der Waals surface area contributed by atoms with E-state index in [0.29, 0.717) is 0 Å². The molecule has 0 bridgehead atoms. The monoisotopic (exact) mass is 182 g/mol. The maximum Gasteiger partial charge on any atom is 0.160 e. The van der Waals surface area contributed by atoms with Gasteiger partial charge in [-0.25, -0.2) is 0 Å². The van der Waals surface area contributed by atoms with Crippen molar-refractivity contribution in [3.8, 4) is 0 Å². The van der Waals surface area contributed by atoms with Gasteiger partial charge in [0.1, 0.15) is 0 Å². The Morgan fingerprint density at radius 2 is 1.75 bits per heavy atom. The summed E-state index contributed by atoms with van der Waals surface area (Å²) in [6, 6.07) is 0. The van der Waals surface area contributed by atoms with Gasteiger partial charge in [-0.2, -0.15) is 0 Å². The van der Waals surface area contributed by atoms with Crippen LogP contribution < -0.4 is 0 Å². The van der Waals surface area contributed by atoms with Gasteiger partial charge in [-0.05, 0) is 6.92 Å². The van der Waals surface area contributed by atoms with Crippen molar-refractivity contribution < 1.29 is 4.79 Å². The van der Waals surface area contributed by atoms with Crippen LogP contribution in [0.5, 0.6) is 0 Å². The number of alkyl halides is 1. The zero-order valence-electron chi connectivity index (χ0n) is 6.91. The van der Waals surface area contributed by atoms with Gasteiger partial charge >= 0.3 is 0 Å². The number of ketones is 1. The first-order valence-electron chi connectivity index (χ1n) is 3.91. The quantitative estimate of drug-likeness (QED) is 0.600. The summed E-state index contributed by atoms with van der Waals surface area (Å²) in [7, 11) is 0. The van der Waals surface area contributed by atoms with Crippen molar-refractivity contribution >= 4 is 17.4 Å². The van der Waals surface area contributed by atoms with Crippen molar-refractivity contribution in [1.82, 2.24) is 0 Å². The molecule has 1 nitrogen and oxygen atoms in total. The third-order valence-electron chi connectivity index (χ3n) is 1.69. The minimum Gasteiger partial charge on any atom is -0.297 e. The lowest BCUT2D eigenvalue weighted by Gasteiger charge is -2.06. The van der Waals surface area contributed by atoms with Gasteiger partial charge in [0, 0.05) is 0 Å². The molecule has 0 aromatic rings. The van der Waals surface area contributed by atoms with Gasteiger partial charge in [-0.15, -0.1) is 11.6 Å². The third kappa shape index (κ3) is 2.35. The molecule has 2 heteroatoms. The number of hydrogen-bond acceptors (Lipinski definition) is 1. The topological polar surface area (TPSA) is 17.1 Å². The molecule has 0 aromatic heterocycles. The van der Waals surface area contributed by atoms with Crippen molar-refractivity contribution in [1.29, 1.82) is 0 Å². The fourth-order valence-electron chi connectivity index (χ4n) is 1.02. The molecule has 1 rings (SSSR count). The van der Waals surface area contributed by atoms with Gasteiger partial charge in [0.2, 0.25) is 0 Å². The summed E-state index contributed by atoms with van der Waals surface area (Å²) in [4.78, 5) is 11.4. The molecule has 0 aliphatic heterocycles. The van der Waals surface area contributed by atoms with Crippen LogP contribution in [0.25, 0.3) is 0 Å². The molecule has 0 N–H and O–H groups in total. The molecule has 0 saturated carbocycles. The Bertz CT molecular complexity index is 233. The van der Waals surface area contributed by atoms with Crippen molar-refractivity contribution in [2.45, 2.75) is 12.3 Å². The molecule has 1 atom stereocenters. The highest BCUT2D eigenvalue weighted by Gasteiger charge is 2.17. The summed E-state index contributed by atoms with van der Waals surface area (Å²) in [5, 5.41) is -0.414. The number of Topliss-reactive ketones (excluding diaryl/α,β-unsaturated/α-hetero) is 1. The lowest BCUT2D eigenvalue weighted by molar-refractivity contribution is -0.119. The molecule has 0 amide bonds. The average Bonchev–Trinajstić information content (AvgIpc) is 2.30. The van der Waals surface area contributed by atoms with E-state index >= 15 is 0 Å². The van der Waals surface area contributed by atoms with Crippen LogP contribution >= 0.6 is 11.6 Å². The second kappa shape index (κ2) is 4.27. The number of carbonyl (C=O) groups excluding carboxylic acids is 1. The van der Waals surface area contributed by atoms with Crippen molar-refractivity contribution in [3.05, 3.63) is 36.5 Å². The Labute approximate surface area is 77.4 Å². The van der Waals surface area contributed by atoms with Gasteiger partial charge in [-0.3, -0.25) is 4.79 Å². The summed E-state index contributed by atoms with van der Waals surface area (Å²) < 4.78 is 0. The van der Waals surface area contributed by atoms with Crippen molar-refractivity contribution in [2.75, 3.05) is 0 Å². The molecule has 1 aliphatic carbocycles. The molecule has 12 heavy (non-hydrogen) atoms. The van der Waals surface area contributed by atoms with Crippen LogP contribution in [-0.4, -0.2) is 11.2 Å². The summed E-state index contributed by atoms with van der Waals surface area (Å²) in [6.07, 6.45) is 11.2. The zero-order chi connectivity index (χ0) is 8.97. The van der Waals surface area contributed by atoms with E-state index in [-0.39, 0.29) is 11.7 Å². The van der Waals surface area contributed by atoms with E-state index in [1.54, 1.807) is 6.92 Å². The van der Waals surface area contributed by atoms with Crippen molar-refractivity contribution in [2.24, 2.45) is 5.92 Å². The fraction of sp³-hybridized carbons (Fsp3) is 0.300. The first-order chi connectivity index (χ1) is 5.72. The third-order valence-corrected chi connectivity index (χ3v) is 1.91. The van der Waals surface area contributed by atoms with Gasteiger partial charge in [0.05, 0.1) is 11.3 Å². The second-order valence-electron chi connectivity index (χ2n) is 2.70. The van der Waals surface area contributed by atoms with E-state index < -0.39 is 5.38 Å². The van der Waals surface area contributed by atoms with E-state index in [1.807, 2.05) is 36.5 Å². The van der Waals surface area contributed by atoms with Crippen LogP contribution in [-0.2, 0) is 4.79 Å². The van der Waals surface area contributed by atoms with E-state index in [9.17, 15) is 4.79 Å². The number of hydrogen-bond donors (Lipinski definition) is 0. The summed E-state index contributed by atoms with van der Waals surface area (Å²) in [6.45, 7) is 1.70. The number of rotatable bonds is 2. The predicted octanol–water partition coefficient (Wildman–Crippen LogP) is 2.48. The van der Waals surface area contributed by atoms with Gasteiger partial charge < -0.3 is 0 Å². The molecule has 0 saturated heterocycles. The first kappa shape index (κ1) is 9.27. The molecular formula is C10H11ClO. The highest BCUT2D eigenvalue weighted by Crippen LogP contribution is 2.12. The maximum absolute atomic E-state index is 11.4. The molecule has 0 heterocycles. The Hall–Kier alpha value is -0.820. The predicted molar refractivity (Wildman–Crippen MR) is 51.2 cm³/mol. The Morgan fingerprint density at radius 3 is 2.17 bits per heavy atom. The van der Waals surface area contributed by atoms with E-state index in [0.717, 1.165) is 0 Å². The minimum absolute atomic E-state index is 0.0490. The first-order valence-corrected chi connectivity index (χ1v) is 4.35. The van der Waals surface area contributed by atoms with Crippen molar-refractivity contribution in [3.63, 3.8) is 0 Å². The fourth-order valence-corrected chi connectivity index (χ4v) is 1.16. The van der Waals surface area contributed by atoms with E-state index in [2.05, 4.69) is 0 Å². The van der Waals surface area contributed by atoms with Crippen LogP contribution in [0.3, 0.4) is 0 Å². The SMILES string of the molecule is CC(Cl)C(=O)C1C=CC=CC=C1. The molecule has 0 aromatic carbocycles. The summed E-state index contributed by atoms with van der Waals surface area (Å²) in [5.41, 5.74) is 0. The molecule has 1 aliphatic rings. The largest absolute Gasteiger partial charge is 0.297 e. The Morgan fingerprint density at radius 1 is 1.25 bits per heavy atom. The van der Waals surface area contributed by atoms with Crippen LogP contribution in [0, 0.1) is 5.92 Å². The molecule has 1 unspecified atom stereocenters. The number of halogens is 1. The zero-order valence-corrected chi connectivity index (χ0v) is 7.66. The Balaban J connectivity index is 2.70. The number of carbonyl (C=O) groups is 1. The smallest absolute Gasteiger partial charge is 0.160 e. The second-order valence-corrected chi connectivity index (χ2v) is 3.35. The Kier molecular flexibility index (Phi) is 3.30. The molecule has 64 valence electrons. The highest BCUT2D eigenvalue weighted by atomic mass is 35.5. The summed E-state index contributed by atoms with van der Waals surface area (Å²) in [5.74, 6) is -0.111. The molecule has 0 spiro atoms. The lowest BCUT2D eigenvalue weighted by Crippen LogP contribution is -2.18. The number of allylic oxidation sites excluding steroid dienone is 6. The molecule has 0 fully saturated rings. The van der Waals surface area contributed by atoms with Gasteiger partial charge in [0.25, 0.3) is 0 Å². The van der Waals surface area contributed by atoms with Crippen LogP contribution in [0.1, 0.15) is 6.92 Å². The summed E-state index contributed by atoms with van der Waals surface area (Å²) >= 11 is 5.68. The van der Waals surface area contributed by atoms with Crippen LogP contribution in [0.15, 0.2) is 36.5 Å². The van der Waals surface area contributed by atoms with E-state index in [1.165, 1.54) is 0 Å². The van der Waals surface area contributed by atoms with Crippen LogP contribution in [0.2, 0.25) is 0 Å². The van der Waals surface area contributed by atoms with Crippen LogP contribution in [0.4, 0.5) is 0 Å². The maximum atomic E-state index is 11.4. The van der Waals surface area contributed by atoms with Gasteiger partial charge in [0.15, 0.2) is 5.78 Å². The highest BCUT2D eigenvalue weighted by molar-refractivity contribution is 6.31. The lowest BCUT2D eigenvalue weighted by atomic mass is 10.0. The molecular weight excluding hydrogens is 172 g/mol. The molecule has 0 radical (unpaired) electrons. The van der Waals surface area contributed by atoms with Gasteiger partial charge in [-0.1, -0.05) is 36.5 Å².